The molecule has 1 aromatic carbocycles. The van der Waals surface area contributed by atoms with E-state index in [1.807, 2.05) is 30.3 Å². The van der Waals surface area contributed by atoms with Crippen LogP contribution in [0.15, 0.2) is 73.0 Å². The third-order valence-electron chi connectivity index (χ3n) is 3.80. The quantitative estimate of drug-likeness (QED) is 0.509. The number of halogens is 1. The summed E-state index contributed by atoms with van der Waals surface area (Å²) < 4.78 is 12.0. The van der Waals surface area contributed by atoms with Crippen molar-refractivity contribution in [2.45, 2.75) is 6.54 Å². The Morgan fingerprint density at radius 1 is 1.08 bits per heavy atom. The van der Waals surface area contributed by atoms with E-state index < -0.39 is 0 Å². The van der Waals surface area contributed by atoms with Gasteiger partial charge in [0.25, 0.3) is 11.1 Å². The normalized spacial score (nSPS) is 16.0. The molecule has 0 bridgehead atoms. The van der Waals surface area contributed by atoms with Crippen LogP contribution in [0.3, 0.4) is 0 Å². The zero-order chi connectivity index (χ0) is 18.1. The molecule has 130 valence electrons. The highest BCUT2D eigenvalue weighted by Crippen LogP contribution is 2.34. The van der Waals surface area contributed by atoms with E-state index in [2.05, 4.69) is 15.9 Å². The lowest BCUT2D eigenvalue weighted by Gasteiger charge is -2.09. The van der Waals surface area contributed by atoms with Gasteiger partial charge in [-0.25, -0.2) is 0 Å². The predicted octanol–water partition coefficient (Wildman–Crippen LogP) is 5.54. The van der Waals surface area contributed by atoms with Crippen LogP contribution in [0.1, 0.15) is 11.5 Å². The summed E-state index contributed by atoms with van der Waals surface area (Å²) in [7, 11) is 0. The van der Waals surface area contributed by atoms with Crippen molar-refractivity contribution in [3.8, 4) is 11.3 Å². The SMILES string of the molecule is O=C1SC(=Cc2ccc(-c3ccc(Br)cc3)o2)C(=O)N1Cc1ccco1. The molecular formula is C19H12BrNO4S. The van der Waals surface area contributed by atoms with Crippen LogP contribution in [0.25, 0.3) is 17.4 Å². The Morgan fingerprint density at radius 3 is 2.62 bits per heavy atom. The van der Waals surface area contributed by atoms with Gasteiger partial charge >= 0.3 is 0 Å². The van der Waals surface area contributed by atoms with Crippen LogP contribution in [0.4, 0.5) is 4.79 Å². The lowest BCUT2D eigenvalue weighted by atomic mass is 10.2. The molecule has 3 aromatic rings. The minimum Gasteiger partial charge on any atom is -0.467 e. The van der Waals surface area contributed by atoms with Crippen molar-refractivity contribution in [1.29, 1.82) is 0 Å². The second kappa shape index (κ2) is 7.01. The lowest BCUT2D eigenvalue weighted by Crippen LogP contribution is -2.27. The van der Waals surface area contributed by atoms with Gasteiger partial charge in [0.15, 0.2) is 0 Å². The van der Waals surface area contributed by atoms with Crippen LogP contribution < -0.4 is 0 Å². The number of hydrogen-bond donors (Lipinski definition) is 0. The minimum absolute atomic E-state index is 0.122. The predicted molar refractivity (Wildman–Crippen MR) is 102 cm³/mol. The van der Waals surface area contributed by atoms with Crippen molar-refractivity contribution >= 4 is 44.9 Å². The fourth-order valence-electron chi connectivity index (χ4n) is 2.52. The fraction of sp³-hybridized carbons (Fsp3) is 0.0526. The Kier molecular flexibility index (Phi) is 4.57. The second-order valence-electron chi connectivity index (χ2n) is 5.56. The van der Waals surface area contributed by atoms with E-state index in [1.54, 1.807) is 24.3 Å². The standard InChI is InChI=1S/C19H12BrNO4S/c20-13-5-3-12(4-6-13)16-8-7-14(25-16)10-17-18(22)21(19(23)26-17)11-15-2-1-9-24-15/h1-10H,11H2. The molecule has 3 heterocycles. The number of rotatable bonds is 4. The first-order valence-corrected chi connectivity index (χ1v) is 9.34. The van der Waals surface area contributed by atoms with Crippen molar-refractivity contribution in [2.24, 2.45) is 0 Å². The van der Waals surface area contributed by atoms with E-state index in [0.29, 0.717) is 22.2 Å². The summed E-state index contributed by atoms with van der Waals surface area (Å²) in [6.07, 6.45) is 3.10. The highest BCUT2D eigenvalue weighted by molar-refractivity contribution is 9.10. The Labute approximate surface area is 161 Å². The van der Waals surface area contributed by atoms with Gasteiger partial charge in [0.1, 0.15) is 17.3 Å². The molecule has 7 heteroatoms. The van der Waals surface area contributed by atoms with Gasteiger partial charge in [0.05, 0.1) is 17.7 Å². The monoisotopic (exact) mass is 429 g/mol. The van der Waals surface area contributed by atoms with Gasteiger partial charge in [0.2, 0.25) is 0 Å². The van der Waals surface area contributed by atoms with Crippen molar-refractivity contribution < 1.29 is 18.4 Å². The number of hydrogen-bond acceptors (Lipinski definition) is 5. The van der Waals surface area contributed by atoms with E-state index in [1.165, 1.54) is 6.26 Å². The summed E-state index contributed by atoms with van der Waals surface area (Å²) >= 11 is 4.29. The molecule has 26 heavy (non-hydrogen) atoms. The molecule has 0 radical (unpaired) electrons. The molecule has 0 saturated carbocycles. The van der Waals surface area contributed by atoms with Gasteiger partial charge in [-0.15, -0.1) is 0 Å². The number of imide groups is 1. The van der Waals surface area contributed by atoms with Crippen LogP contribution in [0.5, 0.6) is 0 Å². The van der Waals surface area contributed by atoms with Gasteiger partial charge in [-0.2, -0.15) is 0 Å². The van der Waals surface area contributed by atoms with Crippen LogP contribution in [-0.4, -0.2) is 16.0 Å². The Morgan fingerprint density at radius 2 is 1.88 bits per heavy atom. The zero-order valence-corrected chi connectivity index (χ0v) is 15.7. The molecule has 1 fully saturated rings. The largest absolute Gasteiger partial charge is 0.467 e. The number of amides is 2. The molecule has 0 atom stereocenters. The van der Waals surface area contributed by atoms with Crippen LogP contribution in [0, 0.1) is 0 Å². The number of carbonyl (C=O) groups excluding carboxylic acids is 2. The maximum Gasteiger partial charge on any atom is 0.293 e. The molecule has 4 rings (SSSR count). The minimum atomic E-state index is -0.349. The van der Waals surface area contributed by atoms with E-state index in [0.717, 1.165) is 26.7 Å². The van der Waals surface area contributed by atoms with Crippen molar-refractivity contribution in [2.75, 3.05) is 0 Å². The molecule has 0 N–H and O–H groups in total. The molecule has 2 amide bonds. The van der Waals surface area contributed by atoms with Gasteiger partial charge in [-0.05, 0) is 48.2 Å². The smallest absolute Gasteiger partial charge is 0.293 e. The Balaban J connectivity index is 1.54. The maximum absolute atomic E-state index is 12.5. The van der Waals surface area contributed by atoms with Gasteiger partial charge in [-0.3, -0.25) is 14.5 Å². The van der Waals surface area contributed by atoms with Gasteiger partial charge in [0, 0.05) is 16.1 Å². The van der Waals surface area contributed by atoms with Crippen LogP contribution in [0.2, 0.25) is 0 Å². The molecule has 0 unspecified atom stereocenters. The van der Waals surface area contributed by atoms with E-state index in [9.17, 15) is 9.59 Å². The highest BCUT2D eigenvalue weighted by Gasteiger charge is 2.35. The third-order valence-corrected chi connectivity index (χ3v) is 5.23. The van der Waals surface area contributed by atoms with E-state index in [-0.39, 0.29) is 17.7 Å². The average Bonchev–Trinajstić information content (AvgIpc) is 3.35. The first-order chi connectivity index (χ1) is 12.6. The Bertz CT molecular complexity index is 989. The molecule has 5 nitrogen and oxygen atoms in total. The third kappa shape index (κ3) is 3.40. The summed E-state index contributed by atoms with van der Waals surface area (Å²) in [4.78, 5) is 26.1. The first-order valence-electron chi connectivity index (χ1n) is 7.74. The van der Waals surface area contributed by atoms with Crippen molar-refractivity contribution in [3.05, 3.63) is 75.7 Å². The van der Waals surface area contributed by atoms with Crippen LogP contribution >= 0.6 is 27.7 Å². The molecule has 1 saturated heterocycles. The second-order valence-corrected chi connectivity index (χ2v) is 7.46. The number of furan rings is 2. The summed E-state index contributed by atoms with van der Waals surface area (Å²) in [6.45, 7) is 0.122. The fourth-order valence-corrected chi connectivity index (χ4v) is 3.61. The van der Waals surface area contributed by atoms with Gasteiger partial charge in [-0.1, -0.05) is 28.1 Å². The molecule has 0 aliphatic carbocycles. The first kappa shape index (κ1) is 16.9. The van der Waals surface area contributed by atoms with Gasteiger partial charge < -0.3 is 8.83 Å². The molecular weight excluding hydrogens is 418 g/mol. The summed E-state index contributed by atoms with van der Waals surface area (Å²) in [6, 6.07) is 14.8. The zero-order valence-electron chi connectivity index (χ0n) is 13.3. The maximum atomic E-state index is 12.5. The summed E-state index contributed by atoms with van der Waals surface area (Å²) in [5.41, 5.74) is 0.929. The summed E-state index contributed by atoms with van der Waals surface area (Å²) in [5.74, 6) is 1.42. The average molecular weight is 430 g/mol. The number of carbonyl (C=O) groups is 2. The number of nitrogens with zero attached hydrogens (tertiary/aromatic N) is 1. The summed E-state index contributed by atoms with van der Waals surface area (Å²) in [5, 5.41) is -0.322. The van der Waals surface area contributed by atoms with Crippen LogP contribution in [-0.2, 0) is 11.3 Å². The molecule has 0 spiro atoms. The van der Waals surface area contributed by atoms with Crippen molar-refractivity contribution in [3.63, 3.8) is 0 Å². The van der Waals surface area contributed by atoms with Crippen molar-refractivity contribution in [1.82, 2.24) is 4.90 Å². The number of benzene rings is 1. The number of thioether (sulfide) groups is 1. The topological polar surface area (TPSA) is 63.7 Å². The molecule has 2 aromatic heterocycles. The van der Waals surface area contributed by atoms with E-state index >= 15 is 0 Å². The lowest BCUT2D eigenvalue weighted by molar-refractivity contribution is -0.123. The molecule has 1 aliphatic rings. The van der Waals surface area contributed by atoms with E-state index in [4.69, 9.17) is 8.83 Å². The highest BCUT2D eigenvalue weighted by atomic mass is 79.9. The Hall–Kier alpha value is -2.51. The molecule has 1 aliphatic heterocycles.